The van der Waals surface area contributed by atoms with Gasteiger partial charge in [-0.2, -0.15) is 0 Å². The number of methoxy groups -OCH3 is 1. The summed E-state index contributed by atoms with van der Waals surface area (Å²) in [5, 5.41) is 3.91. The van der Waals surface area contributed by atoms with Crippen LogP contribution in [0.4, 0.5) is 0 Å². The van der Waals surface area contributed by atoms with Crippen molar-refractivity contribution >= 4 is 33.4 Å². The number of hydrogen-bond acceptors (Lipinski definition) is 3. The molecule has 1 aliphatic rings. The molecule has 4 heteroatoms. The SMILES string of the molecule is CCCCCCC(CCCCCC)N1C(=O)c2cccc3c(-c4ccc(OC)c5cccc(C)c45)ccc(c23)C1=O. The number of fused-ring (bicyclic) bond motifs is 1. The Morgan fingerprint density at radius 1 is 0.634 bits per heavy atom. The average Bonchev–Trinajstić information content (AvgIpc) is 2.99. The summed E-state index contributed by atoms with van der Waals surface area (Å²) < 4.78 is 5.68. The number of aryl methyl sites for hydroxylation is 1. The van der Waals surface area contributed by atoms with Gasteiger partial charge in [0.25, 0.3) is 11.8 Å². The van der Waals surface area contributed by atoms with E-state index in [4.69, 9.17) is 4.74 Å². The molecule has 1 aliphatic heterocycles. The second-order valence-electron chi connectivity index (χ2n) is 11.5. The molecule has 41 heavy (non-hydrogen) atoms. The van der Waals surface area contributed by atoms with E-state index >= 15 is 0 Å². The van der Waals surface area contributed by atoms with Gasteiger partial charge < -0.3 is 4.74 Å². The zero-order chi connectivity index (χ0) is 28.9. The van der Waals surface area contributed by atoms with Crippen LogP contribution in [-0.4, -0.2) is 29.9 Å². The summed E-state index contributed by atoms with van der Waals surface area (Å²) in [6.45, 7) is 6.53. The van der Waals surface area contributed by atoms with Crippen LogP contribution in [0.25, 0.3) is 32.7 Å². The minimum atomic E-state index is -0.142. The molecule has 0 atom stereocenters. The number of ether oxygens (including phenoxy) is 1. The zero-order valence-electron chi connectivity index (χ0n) is 25.1. The molecule has 0 radical (unpaired) electrons. The topological polar surface area (TPSA) is 46.6 Å². The van der Waals surface area contributed by atoms with Crippen LogP contribution >= 0.6 is 0 Å². The van der Waals surface area contributed by atoms with Crippen LogP contribution in [-0.2, 0) is 0 Å². The quantitative estimate of drug-likeness (QED) is 0.123. The average molecular weight is 550 g/mol. The maximum Gasteiger partial charge on any atom is 0.261 e. The van der Waals surface area contributed by atoms with E-state index in [1.807, 2.05) is 24.3 Å². The molecule has 0 saturated heterocycles. The lowest BCUT2D eigenvalue weighted by atomic mass is 9.86. The summed E-state index contributed by atoms with van der Waals surface area (Å²) >= 11 is 0. The molecule has 0 saturated carbocycles. The maximum absolute atomic E-state index is 14.1. The van der Waals surface area contributed by atoms with Crippen LogP contribution in [0.2, 0.25) is 0 Å². The third-order valence-electron chi connectivity index (χ3n) is 8.81. The Labute approximate surface area is 244 Å². The lowest BCUT2D eigenvalue weighted by Gasteiger charge is -2.34. The Bertz CT molecular complexity index is 1540. The molecule has 0 aliphatic carbocycles. The fourth-order valence-electron chi connectivity index (χ4n) is 6.66. The van der Waals surface area contributed by atoms with Gasteiger partial charge in [0.15, 0.2) is 0 Å². The predicted molar refractivity (Wildman–Crippen MR) is 170 cm³/mol. The van der Waals surface area contributed by atoms with E-state index in [9.17, 15) is 9.59 Å². The van der Waals surface area contributed by atoms with E-state index in [0.717, 1.165) is 82.5 Å². The smallest absolute Gasteiger partial charge is 0.261 e. The molecular formula is C37H43NO3. The Morgan fingerprint density at radius 3 is 1.88 bits per heavy atom. The minimum absolute atomic E-state index is 0.0556. The molecule has 5 rings (SSSR count). The number of carbonyl (C=O) groups is 2. The van der Waals surface area contributed by atoms with Crippen LogP contribution in [0.15, 0.2) is 60.7 Å². The first kappa shape index (κ1) is 28.9. The molecule has 0 fully saturated rings. The molecule has 0 spiro atoms. The Hall–Kier alpha value is -3.66. The van der Waals surface area contributed by atoms with Crippen molar-refractivity contribution in [3.8, 4) is 16.9 Å². The van der Waals surface area contributed by atoms with Gasteiger partial charge in [-0.3, -0.25) is 14.5 Å². The van der Waals surface area contributed by atoms with Crippen LogP contribution in [0.5, 0.6) is 5.75 Å². The molecule has 0 aromatic heterocycles. The normalized spacial score (nSPS) is 13.1. The number of amides is 2. The number of benzene rings is 4. The van der Waals surface area contributed by atoms with Gasteiger partial charge in [-0.1, -0.05) is 108 Å². The summed E-state index contributed by atoms with van der Waals surface area (Å²) in [5.74, 6) is 0.550. The van der Waals surface area contributed by atoms with Gasteiger partial charge in [0.2, 0.25) is 0 Å². The number of nitrogens with zero attached hydrogens (tertiary/aromatic N) is 1. The summed E-state index contributed by atoms with van der Waals surface area (Å²) in [6.07, 6.45) is 10.9. The monoisotopic (exact) mass is 549 g/mol. The highest BCUT2D eigenvalue weighted by molar-refractivity contribution is 6.27. The van der Waals surface area contributed by atoms with Crippen LogP contribution in [0, 0.1) is 6.92 Å². The minimum Gasteiger partial charge on any atom is -0.496 e. The molecule has 4 aromatic rings. The van der Waals surface area contributed by atoms with Gasteiger partial charge in [0.05, 0.1) is 7.11 Å². The first-order valence-electron chi connectivity index (χ1n) is 15.5. The number of imide groups is 1. The third kappa shape index (κ3) is 5.49. The Kier molecular flexibility index (Phi) is 9.07. The van der Waals surface area contributed by atoms with Gasteiger partial charge in [-0.25, -0.2) is 0 Å². The molecule has 4 nitrogen and oxygen atoms in total. The maximum atomic E-state index is 14.1. The second kappa shape index (κ2) is 12.9. The van der Waals surface area contributed by atoms with Crippen molar-refractivity contribution in [3.05, 3.63) is 77.4 Å². The molecule has 214 valence electrons. The highest BCUT2D eigenvalue weighted by Crippen LogP contribution is 2.42. The molecular weight excluding hydrogens is 506 g/mol. The van der Waals surface area contributed by atoms with Gasteiger partial charge in [0, 0.05) is 27.9 Å². The van der Waals surface area contributed by atoms with Crippen molar-refractivity contribution in [2.45, 2.75) is 91.0 Å². The van der Waals surface area contributed by atoms with Crippen molar-refractivity contribution in [2.24, 2.45) is 0 Å². The van der Waals surface area contributed by atoms with E-state index in [2.05, 4.69) is 57.2 Å². The highest BCUT2D eigenvalue weighted by atomic mass is 16.5. The predicted octanol–water partition coefficient (Wildman–Crippen LogP) is 9.88. The largest absolute Gasteiger partial charge is 0.496 e. The lowest BCUT2D eigenvalue weighted by molar-refractivity contribution is 0.0517. The first-order chi connectivity index (χ1) is 20.0. The van der Waals surface area contributed by atoms with Crippen molar-refractivity contribution in [1.29, 1.82) is 0 Å². The van der Waals surface area contributed by atoms with E-state index < -0.39 is 0 Å². The van der Waals surface area contributed by atoms with Gasteiger partial charge >= 0.3 is 0 Å². The molecule has 2 amide bonds. The standard InChI is InChI=1S/C37H43NO3/c1-5-7-9-11-16-26(17-12-10-8-6-2)38-36(39)31-20-14-18-28-27(21-22-32(35(28)31)37(38)40)29-23-24-33(41-4)30-19-13-15-25(3)34(29)30/h13-15,18-24,26H,5-12,16-17H2,1-4H3. The highest BCUT2D eigenvalue weighted by Gasteiger charge is 2.37. The van der Waals surface area contributed by atoms with Gasteiger partial charge in [-0.05, 0) is 65.4 Å². The van der Waals surface area contributed by atoms with Crippen LogP contribution in [0.1, 0.15) is 104 Å². The van der Waals surface area contributed by atoms with Crippen LogP contribution < -0.4 is 4.74 Å². The van der Waals surface area contributed by atoms with Crippen molar-refractivity contribution < 1.29 is 14.3 Å². The Morgan fingerprint density at radius 2 is 1.22 bits per heavy atom. The number of unbranched alkanes of at least 4 members (excludes halogenated alkanes) is 6. The van der Waals surface area contributed by atoms with E-state index in [1.165, 1.54) is 25.7 Å². The second-order valence-corrected chi connectivity index (χ2v) is 11.5. The molecule has 1 heterocycles. The molecule has 0 N–H and O–H groups in total. The number of rotatable bonds is 13. The van der Waals surface area contributed by atoms with Gasteiger partial charge in [-0.15, -0.1) is 0 Å². The fraction of sp³-hybridized carbons (Fsp3) is 0.405. The summed E-state index contributed by atoms with van der Waals surface area (Å²) in [5.41, 5.74) is 4.54. The molecule has 4 aromatic carbocycles. The zero-order valence-corrected chi connectivity index (χ0v) is 25.1. The van der Waals surface area contributed by atoms with Gasteiger partial charge in [0.1, 0.15) is 5.75 Å². The van der Waals surface area contributed by atoms with Crippen molar-refractivity contribution in [3.63, 3.8) is 0 Å². The van der Waals surface area contributed by atoms with Crippen molar-refractivity contribution in [2.75, 3.05) is 7.11 Å². The molecule has 0 unspecified atom stereocenters. The van der Waals surface area contributed by atoms with E-state index in [1.54, 1.807) is 12.0 Å². The van der Waals surface area contributed by atoms with E-state index in [0.29, 0.717) is 11.1 Å². The fourth-order valence-corrected chi connectivity index (χ4v) is 6.66. The van der Waals surface area contributed by atoms with Crippen molar-refractivity contribution in [1.82, 2.24) is 4.90 Å². The first-order valence-corrected chi connectivity index (χ1v) is 15.5. The summed E-state index contributed by atoms with van der Waals surface area (Å²) in [7, 11) is 1.70. The molecule has 0 bridgehead atoms. The third-order valence-corrected chi connectivity index (χ3v) is 8.81. The number of carbonyl (C=O) groups excluding carboxylic acids is 2. The lowest BCUT2D eigenvalue weighted by Crippen LogP contribution is -2.47. The number of hydrogen-bond donors (Lipinski definition) is 0. The summed E-state index contributed by atoms with van der Waals surface area (Å²) in [4.78, 5) is 29.9. The van der Waals surface area contributed by atoms with Crippen LogP contribution in [0.3, 0.4) is 0 Å². The van der Waals surface area contributed by atoms with E-state index in [-0.39, 0.29) is 17.9 Å². The summed E-state index contributed by atoms with van der Waals surface area (Å²) in [6, 6.07) is 20.2. The Balaban J connectivity index is 1.58.